The molecule has 2 rings (SSSR count). The van der Waals surface area contributed by atoms with Crippen LogP contribution in [0.4, 0.5) is 0 Å². The van der Waals surface area contributed by atoms with Crippen molar-refractivity contribution in [2.24, 2.45) is 0 Å². The Labute approximate surface area is 81.3 Å². The molecule has 5 heteroatoms. The van der Waals surface area contributed by atoms with Crippen molar-refractivity contribution in [3.63, 3.8) is 0 Å². The summed E-state index contributed by atoms with van der Waals surface area (Å²) in [5, 5.41) is 0.926. The van der Waals surface area contributed by atoms with E-state index in [2.05, 4.69) is 4.98 Å². The number of benzene rings is 1. The van der Waals surface area contributed by atoms with Gasteiger partial charge in [-0.05, 0) is 30.5 Å². The number of hydrogen-bond donors (Lipinski definition) is 2. The van der Waals surface area contributed by atoms with E-state index in [0.717, 1.165) is 11.1 Å². The third kappa shape index (κ3) is 1.51. The highest BCUT2D eigenvalue weighted by molar-refractivity contribution is 7.85. The highest BCUT2D eigenvalue weighted by atomic mass is 32.2. The van der Waals surface area contributed by atoms with Crippen LogP contribution in [0.5, 0.6) is 0 Å². The van der Waals surface area contributed by atoms with Gasteiger partial charge in [-0.15, -0.1) is 0 Å². The lowest BCUT2D eigenvalue weighted by molar-refractivity contribution is 0.483. The number of aromatic amines is 1. The Morgan fingerprint density at radius 3 is 2.64 bits per heavy atom. The fourth-order valence-corrected chi connectivity index (χ4v) is 1.92. The monoisotopic (exact) mass is 211 g/mol. The summed E-state index contributed by atoms with van der Waals surface area (Å²) in [5.74, 6) is 0. The fraction of sp³-hybridized carbons (Fsp3) is 0.111. The lowest BCUT2D eigenvalue weighted by atomic mass is 10.2. The van der Waals surface area contributed by atoms with Gasteiger partial charge in [-0.25, -0.2) is 0 Å². The van der Waals surface area contributed by atoms with Gasteiger partial charge in [0.25, 0.3) is 10.1 Å². The van der Waals surface area contributed by atoms with Gasteiger partial charge in [0.1, 0.15) is 0 Å². The minimum atomic E-state index is -4.11. The van der Waals surface area contributed by atoms with E-state index in [1.165, 1.54) is 12.1 Å². The largest absolute Gasteiger partial charge is 0.359 e. The first kappa shape index (κ1) is 9.23. The number of aromatic nitrogens is 1. The molecule has 1 aromatic carbocycles. The molecular weight excluding hydrogens is 202 g/mol. The Morgan fingerprint density at radius 1 is 1.29 bits per heavy atom. The Kier molecular flexibility index (Phi) is 1.87. The Balaban J connectivity index is 2.74. The summed E-state index contributed by atoms with van der Waals surface area (Å²) in [6.07, 6.45) is 0. The zero-order valence-electron chi connectivity index (χ0n) is 7.48. The molecule has 0 saturated heterocycles. The molecule has 0 fully saturated rings. The maximum Gasteiger partial charge on any atom is 0.294 e. The molecule has 4 nitrogen and oxygen atoms in total. The van der Waals surface area contributed by atoms with Crippen LogP contribution in [0, 0.1) is 6.92 Å². The zero-order chi connectivity index (χ0) is 10.3. The Bertz CT molecular complexity index is 583. The van der Waals surface area contributed by atoms with E-state index in [1.807, 2.05) is 13.0 Å². The van der Waals surface area contributed by atoms with Crippen LogP contribution in [0.15, 0.2) is 29.2 Å². The first-order valence-corrected chi connectivity index (χ1v) is 5.48. The van der Waals surface area contributed by atoms with Crippen LogP contribution in [-0.2, 0) is 10.1 Å². The van der Waals surface area contributed by atoms with Gasteiger partial charge in [0.15, 0.2) is 0 Å². The van der Waals surface area contributed by atoms with Gasteiger partial charge in [-0.2, -0.15) is 8.42 Å². The number of hydrogen-bond acceptors (Lipinski definition) is 2. The van der Waals surface area contributed by atoms with Crippen LogP contribution in [0.1, 0.15) is 5.69 Å². The van der Waals surface area contributed by atoms with E-state index < -0.39 is 10.1 Å². The average molecular weight is 211 g/mol. The van der Waals surface area contributed by atoms with Crippen molar-refractivity contribution in [1.82, 2.24) is 4.98 Å². The minimum absolute atomic E-state index is 0.0909. The molecule has 2 aromatic rings. The summed E-state index contributed by atoms with van der Waals surface area (Å²) in [5.41, 5.74) is 1.66. The van der Waals surface area contributed by atoms with Gasteiger partial charge >= 0.3 is 0 Å². The van der Waals surface area contributed by atoms with Gasteiger partial charge in [-0.1, -0.05) is 6.07 Å². The Morgan fingerprint density at radius 2 is 2.00 bits per heavy atom. The van der Waals surface area contributed by atoms with Gasteiger partial charge in [0, 0.05) is 11.2 Å². The van der Waals surface area contributed by atoms with Gasteiger partial charge in [0.2, 0.25) is 0 Å². The molecular formula is C9H9NO3S. The molecule has 0 atom stereocenters. The second-order valence-corrected chi connectivity index (χ2v) is 4.60. The quantitative estimate of drug-likeness (QED) is 0.705. The predicted molar refractivity (Wildman–Crippen MR) is 52.9 cm³/mol. The molecule has 0 aliphatic carbocycles. The molecule has 0 aliphatic heterocycles. The number of nitrogens with one attached hydrogen (secondary N) is 1. The number of rotatable bonds is 1. The van der Waals surface area contributed by atoms with Crippen molar-refractivity contribution in [3.05, 3.63) is 30.0 Å². The highest BCUT2D eigenvalue weighted by Gasteiger charge is 2.10. The lowest BCUT2D eigenvalue weighted by Crippen LogP contribution is -1.97. The summed E-state index contributed by atoms with van der Waals surface area (Å²) in [6, 6.07) is 6.35. The molecule has 74 valence electrons. The van der Waals surface area contributed by atoms with Crippen LogP contribution in [0.25, 0.3) is 10.9 Å². The van der Waals surface area contributed by atoms with E-state index in [-0.39, 0.29) is 4.90 Å². The zero-order valence-corrected chi connectivity index (χ0v) is 8.30. The van der Waals surface area contributed by atoms with Crippen molar-refractivity contribution in [2.75, 3.05) is 0 Å². The minimum Gasteiger partial charge on any atom is -0.359 e. The van der Waals surface area contributed by atoms with E-state index in [4.69, 9.17) is 4.55 Å². The predicted octanol–water partition coefficient (Wildman–Crippen LogP) is 1.72. The third-order valence-corrected chi connectivity index (χ3v) is 2.88. The van der Waals surface area contributed by atoms with Crippen molar-refractivity contribution in [3.8, 4) is 0 Å². The first-order valence-electron chi connectivity index (χ1n) is 4.04. The smallest absolute Gasteiger partial charge is 0.294 e. The van der Waals surface area contributed by atoms with Gasteiger partial charge in [0.05, 0.1) is 4.90 Å². The van der Waals surface area contributed by atoms with E-state index in [9.17, 15) is 8.42 Å². The maximum absolute atomic E-state index is 10.8. The van der Waals surface area contributed by atoms with E-state index in [1.54, 1.807) is 6.07 Å². The van der Waals surface area contributed by atoms with E-state index in [0.29, 0.717) is 5.52 Å². The summed E-state index contributed by atoms with van der Waals surface area (Å²) in [7, 11) is -4.11. The van der Waals surface area contributed by atoms with Crippen LogP contribution < -0.4 is 0 Å². The van der Waals surface area contributed by atoms with Crippen LogP contribution >= 0.6 is 0 Å². The lowest BCUT2D eigenvalue weighted by Gasteiger charge is -1.96. The molecule has 0 spiro atoms. The summed E-state index contributed by atoms with van der Waals surface area (Å²) in [4.78, 5) is 2.90. The Hall–Kier alpha value is -1.33. The summed E-state index contributed by atoms with van der Waals surface area (Å²) in [6.45, 7) is 1.88. The highest BCUT2D eigenvalue weighted by Crippen LogP contribution is 2.19. The van der Waals surface area contributed by atoms with Crippen molar-refractivity contribution >= 4 is 21.0 Å². The summed E-state index contributed by atoms with van der Waals surface area (Å²) >= 11 is 0. The molecule has 0 bridgehead atoms. The standard InChI is InChI=1S/C9H9NO3S/c1-6-4-7-2-3-8(14(11,12)13)5-9(7)10-6/h2-5,10H,1H3,(H,11,12,13). The molecule has 1 aromatic heterocycles. The van der Waals surface area contributed by atoms with E-state index >= 15 is 0 Å². The van der Waals surface area contributed by atoms with Crippen LogP contribution in [0.2, 0.25) is 0 Å². The third-order valence-electron chi connectivity index (χ3n) is 2.03. The van der Waals surface area contributed by atoms with Crippen molar-refractivity contribution in [1.29, 1.82) is 0 Å². The number of H-pyrrole nitrogens is 1. The normalized spacial score (nSPS) is 12.1. The average Bonchev–Trinajstić information content (AvgIpc) is 2.41. The molecule has 0 aliphatic rings. The molecule has 0 radical (unpaired) electrons. The van der Waals surface area contributed by atoms with Gasteiger partial charge < -0.3 is 4.98 Å². The van der Waals surface area contributed by atoms with Gasteiger partial charge in [-0.3, -0.25) is 4.55 Å². The second-order valence-electron chi connectivity index (χ2n) is 3.18. The molecule has 2 N–H and O–H groups in total. The van der Waals surface area contributed by atoms with Crippen LogP contribution in [0.3, 0.4) is 0 Å². The fourth-order valence-electron chi connectivity index (χ4n) is 1.41. The maximum atomic E-state index is 10.8. The van der Waals surface area contributed by atoms with Crippen molar-refractivity contribution in [2.45, 2.75) is 11.8 Å². The van der Waals surface area contributed by atoms with Crippen LogP contribution in [-0.4, -0.2) is 18.0 Å². The SMILES string of the molecule is Cc1cc2ccc(S(=O)(=O)O)cc2[nH]1. The second kappa shape index (κ2) is 2.83. The molecule has 1 heterocycles. The molecule has 0 amide bonds. The van der Waals surface area contributed by atoms with Crippen molar-refractivity contribution < 1.29 is 13.0 Å². The number of fused-ring (bicyclic) bond motifs is 1. The molecule has 0 unspecified atom stereocenters. The first-order chi connectivity index (χ1) is 6.47. The topological polar surface area (TPSA) is 70.2 Å². The number of aryl methyl sites for hydroxylation is 1. The molecule has 0 saturated carbocycles. The summed E-state index contributed by atoms with van der Waals surface area (Å²) < 4.78 is 30.5. The molecule has 14 heavy (non-hydrogen) atoms.